The van der Waals surface area contributed by atoms with Crippen molar-refractivity contribution in [3.05, 3.63) is 53.6 Å². The molecule has 0 aromatic heterocycles. The van der Waals surface area contributed by atoms with Crippen molar-refractivity contribution in [1.29, 1.82) is 0 Å². The molecule has 0 saturated heterocycles. The van der Waals surface area contributed by atoms with Crippen LogP contribution in [0.1, 0.15) is 32.7 Å². The highest BCUT2D eigenvalue weighted by molar-refractivity contribution is 6.01. The van der Waals surface area contributed by atoms with Crippen LogP contribution in [0, 0.1) is 6.92 Å². The summed E-state index contributed by atoms with van der Waals surface area (Å²) in [7, 11) is 3.07. The molecule has 2 aromatic rings. The maximum Gasteiger partial charge on any atom is 0.326 e. The Labute approximate surface area is 234 Å². The third-order valence-corrected chi connectivity index (χ3v) is 6.35. The molecule has 3 rings (SSSR count). The van der Waals surface area contributed by atoms with Crippen LogP contribution in [0.5, 0.6) is 5.75 Å². The molecule has 1 aliphatic heterocycles. The number of nitrogens with one attached hydrogen (secondary N) is 3. The number of hydrogen-bond donors (Lipinski definition) is 4. The van der Waals surface area contributed by atoms with E-state index in [4.69, 9.17) is 10.8 Å². The summed E-state index contributed by atoms with van der Waals surface area (Å²) in [5.41, 5.74) is 2.71. The predicted molar refractivity (Wildman–Crippen MR) is 150 cm³/mol. The Hall–Kier alpha value is -4.61. The number of likely N-dealkylation sites (N-methyl/N-ethyl adjacent to an activating group) is 1. The Morgan fingerprint density at radius 2 is 1.90 bits per heavy atom. The van der Waals surface area contributed by atoms with Crippen molar-refractivity contribution in [3.63, 3.8) is 0 Å². The number of aliphatic carboxylic acids is 1. The van der Waals surface area contributed by atoms with E-state index < -0.39 is 43.0 Å². The number of carbonyl (C=O) groups is 4. The molecule has 12 nitrogen and oxygen atoms in total. The van der Waals surface area contributed by atoms with Gasteiger partial charge in [0.25, 0.3) is 0 Å². The van der Waals surface area contributed by atoms with Crippen LogP contribution in [0.15, 0.2) is 47.5 Å². The van der Waals surface area contributed by atoms with Crippen LogP contribution in [-0.4, -0.2) is 78.6 Å². The smallest absolute Gasteiger partial charge is 0.326 e. The number of carbonyl (C=O) groups excluding carboxylic acids is 3. The number of methoxy groups -OCH3 is 1. The summed E-state index contributed by atoms with van der Waals surface area (Å²) in [6, 6.07) is 10.3. The molecular formula is C28H35N5O7. The molecule has 4 amide bonds. The molecule has 0 saturated carbocycles. The molecule has 12 heteroatoms. The van der Waals surface area contributed by atoms with Gasteiger partial charge >= 0.3 is 12.0 Å². The molecule has 4 N–H and O–H groups in total. The van der Waals surface area contributed by atoms with Crippen LogP contribution in [0.25, 0.3) is 0 Å². The summed E-state index contributed by atoms with van der Waals surface area (Å²) in [5, 5.41) is 17.3. The fraction of sp³-hybridized carbons (Fsp3) is 0.393. The minimum atomic E-state index is -1.22. The van der Waals surface area contributed by atoms with E-state index in [1.165, 1.54) is 12.0 Å². The number of urea groups is 1. The average molecular weight is 556 g/mol. The highest BCUT2D eigenvalue weighted by atomic mass is 16.5. The van der Waals surface area contributed by atoms with E-state index in [-0.39, 0.29) is 31.2 Å². The first-order chi connectivity index (χ1) is 19.5. The summed E-state index contributed by atoms with van der Waals surface area (Å²) >= 11 is 0. The molecule has 1 aliphatic rings. The normalized spacial score (nSPS) is 17.0. The number of carboxylic acid groups (broad SMARTS) is 1. The minimum absolute atomic E-state index is 0.00738. The second-order valence-corrected chi connectivity index (χ2v) is 9.46. The predicted octanol–water partition coefficient (Wildman–Crippen LogP) is 2.81. The maximum atomic E-state index is 12.9. The van der Waals surface area contributed by atoms with Crippen LogP contribution in [-0.2, 0) is 25.5 Å². The largest absolute Gasteiger partial charge is 0.495 e. The second kappa shape index (κ2) is 13.5. The van der Waals surface area contributed by atoms with Gasteiger partial charge in [0.05, 0.1) is 31.8 Å². The Kier molecular flexibility index (Phi) is 9.55. The molecule has 0 aliphatic carbocycles. The van der Waals surface area contributed by atoms with Gasteiger partial charge in [0.15, 0.2) is 0 Å². The number of nitrogens with zero attached hydrogens (tertiary/aromatic N) is 2. The van der Waals surface area contributed by atoms with E-state index in [0.29, 0.717) is 22.7 Å². The molecule has 40 heavy (non-hydrogen) atoms. The standard InChI is InChI=1S/C28H35N5O7/c1-16-8-6-7-9-20(16)31-28(38)32-21-11-10-19(12-24(21)39-5)13-26(35)33(4)15-25-30-22(17(2)40-25)14-23(27(36)37)29-18(3)34/h6-12,17,22-23H,13-15H2,1-5H3,(H,29,34)(H,36,37)(H2,31,32,38)/i3T. The van der Waals surface area contributed by atoms with Crippen LogP contribution in [0.3, 0.4) is 0 Å². The van der Waals surface area contributed by atoms with Gasteiger partial charge in [-0.2, -0.15) is 0 Å². The first-order valence-electron chi connectivity index (χ1n) is 13.3. The molecule has 3 atom stereocenters. The Morgan fingerprint density at radius 1 is 1.18 bits per heavy atom. The lowest BCUT2D eigenvalue weighted by Gasteiger charge is -2.19. The van der Waals surface area contributed by atoms with Gasteiger partial charge in [0.1, 0.15) is 17.9 Å². The molecule has 3 unspecified atom stereocenters. The molecule has 2 aromatic carbocycles. The van der Waals surface area contributed by atoms with E-state index >= 15 is 0 Å². The van der Waals surface area contributed by atoms with Crippen LogP contribution in [0.4, 0.5) is 16.2 Å². The van der Waals surface area contributed by atoms with Crippen molar-refractivity contribution in [1.82, 2.24) is 10.2 Å². The number of benzene rings is 2. The zero-order chi connectivity index (χ0) is 30.1. The van der Waals surface area contributed by atoms with E-state index in [1.807, 2.05) is 25.1 Å². The van der Waals surface area contributed by atoms with Gasteiger partial charge in [0.2, 0.25) is 17.7 Å². The highest BCUT2D eigenvalue weighted by Gasteiger charge is 2.33. The number of hydrogen-bond acceptors (Lipinski definition) is 7. The van der Waals surface area contributed by atoms with Crippen LogP contribution >= 0.6 is 0 Å². The van der Waals surface area contributed by atoms with Gasteiger partial charge in [-0.1, -0.05) is 24.3 Å². The summed E-state index contributed by atoms with van der Waals surface area (Å²) in [5.74, 6) is -1.46. The lowest BCUT2D eigenvalue weighted by molar-refractivity contribution is -0.142. The van der Waals surface area contributed by atoms with Gasteiger partial charge in [-0.15, -0.1) is 0 Å². The number of amides is 4. The van der Waals surface area contributed by atoms with E-state index in [1.54, 1.807) is 38.2 Å². The topological polar surface area (TPSA) is 159 Å². The summed E-state index contributed by atoms with van der Waals surface area (Å²) < 4.78 is 18.3. The first kappa shape index (κ1) is 28.4. The Balaban J connectivity index is 1.58. The third kappa shape index (κ3) is 8.19. The lowest BCUT2D eigenvalue weighted by atomic mass is 10.0. The third-order valence-electron chi connectivity index (χ3n) is 6.35. The number of rotatable bonds is 11. The van der Waals surface area contributed by atoms with Crippen molar-refractivity contribution >= 4 is 41.1 Å². The van der Waals surface area contributed by atoms with Crippen molar-refractivity contribution in [2.45, 2.75) is 51.8 Å². The van der Waals surface area contributed by atoms with E-state index in [2.05, 4.69) is 20.9 Å². The number of aryl methyl sites for hydroxylation is 1. The summed E-state index contributed by atoms with van der Waals surface area (Å²) in [4.78, 5) is 54.3. The summed E-state index contributed by atoms with van der Waals surface area (Å²) in [6.45, 7) is 3.13. The monoisotopic (exact) mass is 555 g/mol. The van der Waals surface area contributed by atoms with Crippen LogP contribution in [0.2, 0.25) is 0 Å². The molecule has 0 spiro atoms. The lowest BCUT2D eigenvalue weighted by Crippen LogP contribution is -2.42. The van der Waals surface area contributed by atoms with Crippen molar-refractivity contribution in [2.75, 3.05) is 31.3 Å². The molecule has 0 fully saturated rings. The maximum absolute atomic E-state index is 12.9. The quantitative estimate of drug-likeness (QED) is 0.332. The van der Waals surface area contributed by atoms with Gasteiger partial charge in [-0.3, -0.25) is 9.59 Å². The SMILES string of the molecule is [3H]CC(=O)NC(CC1N=C(CN(C)C(=O)Cc2ccc(NC(=O)Nc3ccccc3C)c(OC)c2)OC1C)C(=O)O. The van der Waals surface area contributed by atoms with Gasteiger partial charge in [-0.25, -0.2) is 14.6 Å². The van der Waals surface area contributed by atoms with E-state index in [9.17, 15) is 24.3 Å². The minimum Gasteiger partial charge on any atom is -0.495 e. The van der Waals surface area contributed by atoms with Gasteiger partial charge in [0, 0.05) is 27.4 Å². The number of ether oxygens (including phenoxy) is 2. The number of aliphatic imine (C=N–C) groups is 1. The van der Waals surface area contributed by atoms with Crippen molar-refractivity contribution in [2.24, 2.45) is 4.99 Å². The Morgan fingerprint density at radius 3 is 2.58 bits per heavy atom. The Bertz CT molecular complexity index is 1320. The van der Waals surface area contributed by atoms with Crippen molar-refractivity contribution < 1.29 is 35.1 Å². The van der Waals surface area contributed by atoms with Gasteiger partial charge < -0.3 is 35.4 Å². The van der Waals surface area contributed by atoms with Crippen LogP contribution < -0.4 is 20.7 Å². The zero-order valence-corrected chi connectivity index (χ0v) is 22.9. The van der Waals surface area contributed by atoms with Gasteiger partial charge in [-0.05, 0) is 43.2 Å². The van der Waals surface area contributed by atoms with E-state index in [0.717, 1.165) is 5.56 Å². The number of para-hydroxylation sites is 1. The highest BCUT2D eigenvalue weighted by Crippen LogP contribution is 2.27. The molecule has 1 heterocycles. The number of anilines is 2. The molecule has 214 valence electrons. The molecular weight excluding hydrogens is 518 g/mol. The average Bonchev–Trinajstić information content (AvgIpc) is 3.27. The fourth-order valence-corrected chi connectivity index (χ4v) is 4.13. The molecule has 0 bridgehead atoms. The van der Waals surface area contributed by atoms with Crippen molar-refractivity contribution in [3.8, 4) is 5.75 Å². The fourth-order valence-electron chi connectivity index (χ4n) is 4.13. The zero-order valence-electron chi connectivity index (χ0n) is 23.9. The summed E-state index contributed by atoms with van der Waals surface area (Å²) in [6.07, 6.45) is -0.405. The second-order valence-electron chi connectivity index (χ2n) is 9.46. The molecule has 0 radical (unpaired) electrons. The first-order valence-corrected chi connectivity index (χ1v) is 12.6. The number of carboxylic acids is 1.